The maximum Gasteiger partial charge on any atom is 0.258 e. The Kier molecular flexibility index (Phi) is 19.4. The van der Waals surface area contributed by atoms with Crippen LogP contribution in [-0.2, 0) is 36.8 Å². The van der Waals surface area contributed by atoms with Crippen molar-refractivity contribution in [1.29, 1.82) is 0 Å². The van der Waals surface area contributed by atoms with Crippen LogP contribution in [-0.4, -0.2) is 60.5 Å². The number of carbonyl (C=O) groups is 6. The molecule has 354 valence electrons. The zero-order valence-electron chi connectivity index (χ0n) is 36.8. The summed E-state index contributed by atoms with van der Waals surface area (Å²) in [7, 11) is 0. The molecule has 5 aromatic carbocycles. The summed E-state index contributed by atoms with van der Waals surface area (Å²) in [5.74, 6) is -2.80. The van der Waals surface area contributed by atoms with E-state index in [1.165, 1.54) is 54.6 Å². The van der Waals surface area contributed by atoms with Crippen LogP contribution in [0.3, 0.4) is 0 Å². The first-order valence-corrected chi connectivity index (χ1v) is 22.9. The molecule has 0 aliphatic heterocycles. The van der Waals surface area contributed by atoms with Gasteiger partial charge in [0.2, 0.25) is 12.1 Å². The zero-order chi connectivity index (χ0) is 49.5. The number of Topliss-reactive ketones (excluding diaryl/α,β-unsaturated/α-hetero) is 2. The van der Waals surface area contributed by atoms with Crippen LogP contribution in [0.4, 0.5) is 34.1 Å². The quantitative estimate of drug-likeness (QED) is 0.0314. The number of rotatable bonds is 21. The van der Waals surface area contributed by atoms with Gasteiger partial charge in [-0.3, -0.25) is 28.8 Å². The molecule has 0 fully saturated rings. The Morgan fingerprint density at radius 3 is 1.34 bits per heavy atom. The highest BCUT2D eigenvalue weighted by Gasteiger charge is 2.26. The number of ether oxygens (including phenoxy) is 2. The maximum atomic E-state index is 13.4. The van der Waals surface area contributed by atoms with E-state index in [1.807, 2.05) is 13.8 Å². The van der Waals surface area contributed by atoms with E-state index in [2.05, 4.69) is 41.7 Å². The number of benzene rings is 5. The fraction of sp³-hybridized carbons (Fsp3) is 0.234. The van der Waals surface area contributed by atoms with Gasteiger partial charge < -0.3 is 30.7 Å². The first-order valence-electron chi connectivity index (χ1n) is 20.6. The van der Waals surface area contributed by atoms with Crippen LogP contribution in [0.15, 0.2) is 111 Å². The first-order chi connectivity index (χ1) is 32.6. The molecule has 5 rings (SSSR count). The van der Waals surface area contributed by atoms with Crippen LogP contribution in [0.2, 0.25) is 10.0 Å². The molecule has 0 bridgehead atoms. The second-order valence-corrected chi connectivity index (χ2v) is 16.1. The second-order valence-electron chi connectivity index (χ2n) is 14.5. The molecule has 68 heavy (non-hydrogen) atoms. The van der Waals surface area contributed by atoms with E-state index >= 15 is 0 Å². The lowest BCUT2D eigenvalue weighted by Gasteiger charge is -2.15. The Balaban J connectivity index is 1.25. The van der Waals surface area contributed by atoms with Crippen LogP contribution in [0.25, 0.3) is 0 Å². The van der Waals surface area contributed by atoms with E-state index in [1.54, 1.807) is 36.4 Å². The smallest absolute Gasteiger partial charge is 0.258 e. The summed E-state index contributed by atoms with van der Waals surface area (Å²) in [6.07, 6.45) is 0. The molecule has 21 heteroatoms. The van der Waals surface area contributed by atoms with Gasteiger partial charge in [0.1, 0.15) is 11.5 Å². The topological polar surface area (TPSA) is 218 Å². The number of halogens is 5. The minimum atomic E-state index is -1.61. The average molecular weight is 1030 g/mol. The van der Waals surface area contributed by atoms with Gasteiger partial charge in [-0.15, -0.1) is 34.8 Å². The largest absolute Gasteiger partial charge is 0.493 e. The van der Waals surface area contributed by atoms with Crippen molar-refractivity contribution in [1.82, 2.24) is 0 Å². The summed E-state index contributed by atoms with van der Waals surface area (Å²) in [4.78, 5) is 78.5. The summed E-state index contributed by atoms with van der Waals surface area (Å²) in [6.45, 7) is 6.75. The SMILES string of the molecule is CCOc1cc(NC(=O)c2cc(N=NC(C(C)=O)C(=O)Nc3ccc(NC(=O)C(N=Nc4ccc(Cl)c(C(=O)Nc5ccc(CCl)c(OCC)c5)c4)C(C)=O)c(CCl)c3)ccc2Cl)ccc1CCl. The highest BCUT2D eigenvalue weighted by Crippen LogP contribution is 2.31. The molecule has 0 heterocycles. The highest BCUT2D eigenvalue weighted by atomic mass is 35.5. The van der Waals surface area contributed by atoms with Crippen molar-refractivity contribution < 1.29 is 38.2 Å². The van der Waals surface area contributed by atoms with Crippen LogP contribution in [0.5, 0.6) is 11.5 Å². The normalized spacial score (nSPS) is 12.0. The van der Waals surface area contributed by atoms with Crippen molar-refractivity contribution in [2.45, 2.75) is 57.4 Å². The van der Waals surface area contributed by atoms with E-state index in [4.69, 9.17) is 67.5 Å². The third-order valence-corrected chi connectivity index (χ3v) is 11.1. The van der Waals surface area contributed by atoms with Crippen molar-refractivity contribution in [3.05, 3.63) is 129 Å². The number of amides is 4. The molecule has 0 saturated carbocycles. The van der Waals surface area contributed by atoms with E-state index < -0.39 is 47.3 Å². The van der Waals surface area contributed by atoms with E-state index in [-0.39, 0.29) is 61.6 Å². The standard InChI is InChI=1S/C47H43Cl5N8O8/c1-5-67-40-20-31(9-7-27(40)22-48)53-44(63)35-18-33(11-14-37(35)51)57-59-42(25(3)61)46(65)55-30-13-16-39(29(17-30)24-50)56-47(66)43(26(4)62)60-58-34-12-15-38(52)36(19-34)45(64)54-32-10-8-28(23-49)41(21-32)68-6-2/h7-21,42-43H,5-6,22-24H2,1-4H3,(H,53,63)(H,54,64)(H,55,65)(H,56,66). The Morgan fingerprint density at radius 1 is 0.515 bits per heavy atom. The van der Waals surface area contributed by atoms with Crippen molar-refractivity contribution in [3.63, 3.8) is 0 Å². The van der Waals surface area contributed by atoms with E-state index in [0.29, 0.717) is 41.7 Å². The molecule has 16 nitrogen and oxygen atoms in total. The molecular weight excluding hydrogens is 982 g/mol. The van der Waals surface area contributed by atoms with Gasteiger partial charge in [0.25, 0.3) is 23.6 Å². The molecule has 0 aliphatic rings. The summed E-state index contributed by atoms with van der Waals surface area (Å²) >= 11 is 31.0. The third kappa shape index (κ3) is 14.1. The summed E-state index contributed by atoms with van der Waals surface area (Å²) in [6, 6.07) is 19.6. The Labute approximate surface area is 416 Å². The lowest BCUT2D eigenvalue weighted by atomic mass is 10.1. The lowest BCUT2D eigenvalue weighted by molar-refractivity contribution is -0.127. The fourth-order valence-electron chi connectivity index (χ4n) is 6.16. The summed E-state index contributed by atoms with van der Waals surface area (Å²) in [5.41, 5.74) is 3.40. The molecule has 2 unspecified atom stereocenters. The number of ketones is 2. The molecule has 0 radical (unpaired) electrons. The Hall–Kier alpha value is -6.43. The van der Waals surface area contributed by atoms with Crippen molar-refractivity contribution in [2.24, 2.45) is 20.5 Å². The molecule has 5 aromatic rings. The lowest BCUT2D eigenvalue weighted by Crippen LogP contribution is -2.32. The zero-order valence-corrected chi connectivity index (χ0v) is 40.6. The van der Waals surface area contributed by atoms with Crippen molar-refractivity contribution >= 4 is 127 Å². The van der Waals surface area contributed by atoms with Gasteiger partial charge in [-0.1, -0.05) is 35.3 Å². The molecule has 4 N–H and O–H groups in total. The minimum Gasteiger partial charge on any atom is -0.493 e. The number of alkyl halides is 3. The van der Waals surface area contributed by atoms with Crippen LogP contribution in [0, 0.1) is 0 Å². The van der Waals surface area contributed by atoms with Gasteiger partial charge in [-0.25, -0.2) is 0 Å². The Morgan fingerprint density at radius 2 is 0.926 bits per heavy atom. The predicted molar refractivity (Wildman–Crippen MR) is 264 cm³/mol. The van der Waals surface area contributed by atoms with Crippen LogP contribution >= 0.6 is 58.0 Å². The highest BCUT2D eigenvalue weighted by molar-refractivity contribution is 6.35. The van der Waals surface area contributed by atoms with Crippen molar-refractivity contribution in [2.75, 3.05) is 34.5 Å². The summed E-state index contributed by atoms with van der Waals surface area (Å²) < 4.78 is 11.2. The molecule has 0 saturated heterocycles. The van der Waals surface area contributed by atoms with Gasteiger partial charge in [0.15, 0.2) is 11.6 Å². The number of hydrogen-bond donors (Lipinski definition) is 4. The van der Waals surface area contributed by atoms with Crippen LogP contribution < -0.4 is 30.7 Å². The maximum absolute atomic E-state index is 13.4. The molecule has 0 spiro atoms. The molecule has 0 aliphatic carbocycles. The molecule has 4 amide bonds. The van der Waals surface area contributed by atoms with Gasteiger partial charge in [-0.05, 0) is 100.0 Å². The molecule has 2 atom stereocenters. The number of azo groups is 2. The van der Waals surface area contributed by atoms with Gasteiger partial charge in [-0.2, -0.15) is 20.5 Å². The van der Waals surface area contributed by atoms with Crippen molar-refractivity contribution in [3.8, 4) is 11.5 Å². The number of anilines is 4. The fourth-order valence-corrected chi connectivity index (χ4v) is 7.23. The van der Waals surface area contributed by atoms with Crippen LogP contribution in [0.1, 0.15) is 65.1 Å². The van der Waals surface area contributed by atoms with Gasteiger partial charge in [0, 0.05) is 51.9 Å². The second kappa shape index (κ2) is 25.1. The number of nitrogens with one attached hydrogen (secondary N) is 4. The minimum absolute atomic E-state index is 0.0450. The number of carbonyl (C=O) groups excluding carboxylic acids is 6. The van der Waals surface area contributed by atoms with E-state index in [0.717, 1.165) is 25.0 Å². The third-order valence-electron chi connectivity index (χ3n) is 9.55. The summed E-state index contributed by atoms with van der Waals surface area (Å²) in [5, 5.41) is 27.0. The number of nitrogens with zero attached hydrogens (tertiary/aromatic N) is 4. The first kappa shape index (κ1) is 52.5. The van der Waals surface area contributed by atoms with E-state index in [9.17, 15) is 28.8 Å². The predicted octanol–water partition coefficient (Wildman–Crippen LogP) is 11.9. The molecule has 0 aromatic heterocycles. The average Bonchev–Trinajstić information content (AvgIpc) is 3.30. The number of hydrogen-bond acceptors (Lipinski definition) is 12. The van der Waals surface area contributed by atoms with Gasteiger partial charge >= 0.3 is 0 Å². The van der Waals surface area contributed by atoms with Gasteiger partial charge in [0.05, 0.1) is 57.5 Å². The molecular formula is C47H43Cl5N8O8. The monoisotopic (exact) mass is 1020 g/mol. The Bertz CT molecular complexity index is 2790.